The average molecular weight is 445 g/mol. The minimum Gasteiger partial charge on any atom is -0.385 e. The number of nitrogens with zero attached hydrogens (tertiary/aromatic N) is 2. The molecule has 7 nitrogen and oxygen atoms in total. The van der Waals surface area contributed by atoms with Gasteiger partial charge in [-0.05, 0) is 49.8 Å². The van der Waals surface area contributed by atoms with Gasteiger partial charge in [0, 0.05) is 58.6 Å². The van der Waals surface area contributed by atoms with E-state index in [1.807, 2.05) is 19.2 Å². The zero-order valence-corrected chi connectivity index (χ0v) is 19.8. The Morgan fingerprint density at radius 3 is 2.62 bits per heavy atom. The Bertz CT molecular complexity index is 726. The molecule has 2 fully saturated rings. The number of carbonyl (C=O) groups excluding carboxylic acids is 1. The van der Waals surface area contributed by atoms with Crippen molar-refractivity contribution in [3.8, 4) is 0 Å². The van der Waals surface area contributed by atoms with Crippen molar-refractivity contribution in [3.63, 3.8) is 0 Å². The van der Waals surface area contributed by atoms with Crippen molar-refractivity contribution in [1.29, 1.82) is 0 Å². The van der Waals surface area contributed by atoms with Gasteiger partial charge in [-0.25, -0.2) is 0 Å². The first-order valence-corrected chi connectivity index (χ1v) is 12.2. The third-order valence-electron chi connectivity index (χ3n) is 6.42. The zero-order chi connectivity index (χ0) is 22.6. The van der Waals surface area contributed by atoms with E-state index in [4.69, 9.17) is 9.47 Å². The molecule has 2 N–H and O–H groups in total. The van der Waals surface area contributed by atoms with E-state index in [1.54, 1.807) is 7.11 Å². The molecule has 7 heteroatoms. The Balaban J connectivity index is 1.43. The third-order valence-corrected chi connectivity index (χ3v) is 6.42. The smallest absolute Gasteiger partial charge is 0.227 e. The van der Waals surface area contributed by atoms with E-state index < -0.39 is 0 Å². The van der Waals surface area contributed by atoms with Crippen LogP contribution in [0.4, 0.5) is 5.69 Å². The van der Waals surface area contributed by atoms with E-state index >= 15 is 0 Å². The van der Waals surface area contributed by atoms with Crippen molar-refractivity contribution in [2.45, 2.75) is 64.0 Å². The SMILES string of the molecule is CN=C(NCc1cccc(NC(=O)C2CCCCC2)c1)N1CCC(OCCCOC)CC1. The van der Waals surface area contributed by atoms with Gasteiger partial charge in [-0.15, -0.1) is 0 Å². The van der Waals surface area contributed by atoms with Crippen LogP contribution in [0.15, 0.2) is 29.3 Å². The van der Waals surface area contributed by atoms with Crippen LogP contribution in [0.25, 0.3) is 0 Å². The van der Waals surface area contributed by atoms with Crippen LogP contribution in [-0.4, -0.2) is 63.3 Å². The van der Waals surface area contributed by atoms with Gasteiger partial charge >= 0.3 is 0 Å². The number of likely N-dealkylation sites (tertiary alicyclic amines) is 1. The monoisotopic (exact) mass is 444 g/mol. The highest BCUT2D eigenvalue weighted by Crippen LogP contribution is 2.25. The molecule has 1 saturated heterocycles. The highest BCUT2D eigenvalue weighted by Gasteiger charge is 2.22. The van der Waals surface area contributed by atoms with E-state index in [0.717, 1.165) is 75.6 Å². The lowest BCUT2D eigenvalue weighted by Crippen LogP contribution is -2.46. The van der Waals surface area contributed by atoms with Crippen LogP contribution in [0.1, 0.15) is 56.9 Å². The second-order valence-electron chi connectivity index (χ2n) is 8.83. The molecule has 178 valence electrons. The summed E-state index contributed by atoms with van der Waals surface area (Å²) in [6, 6.07) is 8.11. The molecule has 1 aromatic rings. The van der Waals surface area contributed by atoms with Crippen molar-refractivity contribution in [3.05, 3.63) is 29.8 Å². The molecule has 0 atom stereocenters. The lowest BCUT2D eigenvalue weighted by atomic mass is 9.88. The Morgan fingerprint density at radius 2 is 1.91 bits per heavy atom. The summed E-state index contributed by atoms with van der Waals surface area (Å²) in [6.45, 7) is 4.06. The number of methoxy groups -OCH3 is 1. The largest absolute Gasteiger partial charge is 0.385 e. The fourth-order valence-corrected chi connectivity index (χ4v) is 4.57. The molecule has 1 saturated carbocycles. The lowest BCUT2D eigenvalue weighted by molar-refractivity contribution is -0.120. The summed E-state index contributed by atoms with van der Waals surface area (Å²) in [5, 5.41) is 6.60. The van der Waals surface area contributed by atoms with Gasteiger partial charge in [-0.3, -0.25) is 9.79 Å². The molecule has 1 aromatic carbocycles. The Labute approximate surface area is 192 Å². The minimum absolute atomic E-state index is 0.163. The molecule has 0 unspecified atom stereocenters. The first kappa shape index (κ1) is 24.5. The van der Waals surface area contributed by atoms with Gasteiger partial charge < -0.3 is 25.0 Å². The number of carbonyl (C=O) groups is 1. The van der Waals surface area contributed by atoms with E-state index in [2.05, 4.69) is 32.7 Å². The maximum absolute atomic E-state index is 12.6. The second-order valence-corrected chi connectivity index (χ2v) is 8.83. The predicted octanol–water partition coefficient (Wildman–Crippen LogP) is 3.80. The quantitative estimate of drug-likeness (QED) is 0.344. The molecule has 1 aliphatic heterocycles. The maximum atomic E-state index is 12.6. The van der Waals surface area contributed by atoms with Gasteiger partial charge in [0.05, 0.1) is 6.10 Å². The number of ether oxygens (including phenoxy) is 2. The molecular formula is C25H40N4O3. The van der Waals surface area contributed by atoms with Crippen LogP contribution in [0, 0.1) is 5.92 Å². The number of anilines is 1. The topological polar surface area (TPSA) is 75.2 Å². The number of guanidine groups is 1. The number of benzene rings is 1. The fourth-order valence-electron chi connectivity index (χ4n) is 4.57. The number of aliphatic imine (C=N–C) groups is 1. The number of nitrogens with one attached hydrogen (secondary N) is 2. The second kappa shape index (κ2) is 13.4. The fraction of sp³-hybridized carbons (Fsp3) is 0.680. The number of rotatable bonds is 9. The van der Waals surface area contributed by atoms with Crippen LogP contribution < -0.4 is 10.6 Å². The average Bonchev–Trinajstić information content (AvgIpc) is 2.84. The van der Waals surface area contributed by atoms with Crippen LogP contribution >= 0.6 is 0 Å². The third kappa shape index (κ3) is 7.78. The van der Waals surface area contributed by atoms with Crippen molar-refractivity contribution in [2.24, 2.45) is 10.9 Å². The normalized spacial score (nSPS) is 18.6. The lowest BCUT2D eigenvalue weighted by Gasteiger charge is -2.34. The standard InChI is InChI=1S/C25H40N4O3/c1-26-25(29-14-12-23(13-15-29)32-17-7-16-31-2)27-19-20-8-6-11-22(18-20)28-24(30)21-9-4-3-5-10-21/h6,8,11,18,21,23H,3-5,7,9-10,12-17,19H2,1-2H3,(H,26,27)(H,28,30). The molecule has 32 heavy (non-hydrogen) atoms. The van der Waals surface area contributed by atoms with Gasteiger partial charge in [0.25, 0.3) is 0 Å². The zero-order valence-electron chi connectivity index (χ0n) is 19.8. The van der Waals surface area contributed by atoms with Gasteiger partial charge in [-0.2, -0.15) is 0 Å². The van der Waals surface area contributed by atoms with E-state index in [-0.39, 0.29) is 11.8 Å². The number of hydrogen-bond donors (Lipinski definition) is 2. The molecule has 0 bridgehead atoms. The summed E-state index contributed by atoms with van der Waals surface area (Å²) in [5.74, 6) is 1.24. The molecule has 0 radical (unpaired) electrons. The molecule has 1 heterocycles. The molecule has 1 amide bonds. The van der Waals surface area contributed by atoms with Gasteiger partial charge in [0.1, 0.15) is 0 Å². The molecule has 3 rings (SSSR count). The number of hydrogen-bond acceptors (Lipinski definition) is 4. The minimum atomic E-state index is 0.163. The highest BCUT2D eigenvalue weighted by atomic mass is 16.5. The number of piperidine rings is 1. The number of amides is 1. The molecule has 0 aromatic heterocycles. The van der Waals surface area contributed by atoms with E-state index in [0.29, 0.717) is 12.6 Å². The first-order valence-electron chi connectivity index (χ1n) is 12.2. The maximum Gasteiger partial charge on any atom is 0.227 e. The molecule has 1 aliphatic carbocycles. The van der Waals surface area contributed by atoms with Crippen molar-refractivity contribution in [1.82, 2.24) is 10.2 Å². The highest BCUT2D eigenvalue weighted by molar-refractivity contribution is 5.92. The summed E-state index contributed by atoms with van der Waals surface area (Å²) >= 11 is 0. The summed E-state index contributed by atoms with van der Waals surface area (Å²) in [7, 11) is 3.55. The van der Waals surface area contributed by atoms with Crippen LogP contribution in [0.5, 0.6) is 0 Å². The van der Waals surface area contributed by atoms with Crippen LogP contribution in [0.2, 0.25) is 0 Å². The van der Waals surface area contributed by atoms with Crippen molar-refractivity contribution in [2.75, 3.05) is 45.8 Å². The van der Waals surface area contributed by atoms with Gasteiger partial charge in [0.2, 0.25) is 5.91 Å². The summed E-state index contributed by atoms with van der Waals surface area (Å²) in [5.41, 5.74) is 2.00. The summed E-state index contributed by atoms with van der Waals surface area (Å²) in [6.07, 6.45) is 8.90. The van der Waals surface area contributed by atoms with E-state index in [1.165, 1.54) is 19.3 Å². The summed E-state index contributed by atoms with van der Waals surface area (Å²) in [4.78, 5) is 19.3. The Kier molecular flexibility index (Phi) is 10.3. The van der Waals surface area contributed by atoms with Crippen LogP contribution in [-0.2, 0) is 20.8 Å². The van der Waals surface area contributed by atoms with Gasteiger partial charge in [-0.1, -0.05) is 31.4 Å². The molecular weight excluding hydrogens is 404 g/mol. The molecule has 2 aliphatic rings. The van der Waals surface area contributed by atoms with Crippen molar-refractivity contribution < 1.29 is 14.3 Å². The summed E-state index contributed by atoms with van der Waals surface area (Å²) < 4.78 is 11.0. The van der Waals surface area contributed by atoms with Gasteiger partial charge in [0.15, 0.2) is 5.96 Å². The first-order chi connectivity index (χ1) is 15.7. The predicted molar refractivity (Wildman–Crippen MR) is 129 cm³/mol. The van der Waals surface area contributed by atoms with E-state index in [9.17, 15) is 4.79 Å². The van der Waals surface area contributed by atoms with Crippen LogP contribution in [0.3, 0.4) is 0 Å². The van der Waals surface area contributed by atoms with Crippen molar-refractivity contribution >= 4 is 17.6 Å². The Morgan fingerprint density at radius 1 is 1.12 bits per heavy atom. The molecule has 0 spiro atoms. The Hall–Kier alpha value is -2.12.